The van der Waals surface area contributed by atoms with Gasteiger partial charge in [-0.3, -0.25) is 4.79 Å². The molecule has 1 saturated carbocycles. The van der Waals surface area contributed by atoms with Crippen molar-refractivity contribution in [3.8, 4) is 11.5 Å². The highest BCUT2D eigenvalue weighted by molar-refractivity contribution is 5.86. The molecule has 0 radical (unpaired) electrons. The van der Waals surface area contributed by atoms with Gasteiger partial charge in [0.15, 0.2) is 11.5 Å². The van der Waals surface area contributed by atoms with Crippen molar-refractivity contribution in [1.82, 2.24) is 9.80 Å². The van der Waals surface area contributed by atoms with Gasteiger partial charge in [0.05, 0.1) is 18.6 Å². The SMILES string of the molecule is COc1cc(C(C(=O)N2CCN(C(=O)OC(C)(C)C)CC2)C2(O)CCCCC2)ccc1O. The smallest absolute Gasteiger partial charge is 0.410 e. The Hall–Kier alpha value is -2.48. The lowest BCUT2D eigenvalue weighted by Gasteiger charge is -2.43. The Morgan fingerprint density at radius 2 is 1.62 bits per heavy atom. The maximum atomic E-state index is 13.7. The predicted molar refractivity (Wildman–Crippen MR) is 120 cm³/mol. The summed E-state index contributed by atoms with van der Waals surface area (Å²) in [5.41, 5.74) is -1.10. The summed E-state index contributed by atoms with van der Waals surface area (Å²) in [6.07, 6.45) is 3.48. The van der Waals surface area contributed by atoms with E-state index in [9.17, 15) is 19.8 Å². The van der Waals surface area contributed by atoms with E-state index in [1.807, 2.05) is 20.8 Å². The molecule has 3 rings (SSSR count). The van der Waals surface area contributed by atoms with Gasteiger partial charge in [-0.1, -0.05) is 25.3 Å². The summed E-state index contributed by atoms with van der Waals surface area (Å²) in [6.45, 7) is 6.99. The summed E-state index contributed by atoms with van der Waals surface area (Å²) in [7, 11) is 1.46. The second-order valence-electron chi connectivity index (χ2n) is 9.82. The molecule has 1 aromatic rings. The van der Waals surface area contributed by atoms with E-state index in [0.717, 1.165) is 19.3 Å². The van der Waals surface area contributed by atoms with E-state index in [1.54, 1.807) is 21.9 Å². The van der Waals surface area contributed by atoms with Crippen molar-refractivity contribution in [3.05, 3.63) is 23.8 Å². The van der Waals surface area contributed by atoms with Gasteiger partial charge >= 0.3 is 6.09 Å². The first kappa shape index (κ1) is 24.2. The molecule has 0 bridgehead atoms. The van der Waals surface area contributed by atoms with Gasteiger partial charge in [0, 0.05) is 26.2 Å². The summed E-state index contributed by atoms with van der Waals surface area (Å²) in [6, 6.07) is 4.83. The fraction of sp³-hybridized carbons (Fsp3) is 0.667. The van der Waals surface area contributed by atoms with Gasteiger partial charge in [-0.15, -0.1) is 0 Å². The van der Waals surface area contributed by atoms with Gasteiger partial charge in [-0.2, -0.15) is 0 Å². The minimum atomic E-state index is -1.15. The minimum absolute atomic E-state index is 0.0101. The Morgan fingerprint density at radius 3 is 2.19 bits per heavy atom. The number of amides is 2. The van der Waals surface area contributed by atoms with Crippen LogP contribution in [-0.2, 0) is 9.53 Å². The zero-order valence-electron chi connectivity index (χ0n) is 19.6. The van der Waals surface area contributed by atoms with Crippen molar-refractivity contribution in [1.29, 1.82) is 0 Å². The number of hydrogen-bond acceptors (Lipinski definition) is 6. The van der Waals surface area contributed by atoms with Crippen LogP contribution in [0.3, 0.4) is 0 Å². The molecule has 1 heterocycles. The molecule has 178 valence electrons. The Kier molecular flexibility index (Phi) is 7.22. The molecular formula is C24H36N2O6. The van der Waals surface area contributed by atoms with Crippen LogP contribution in [0.1, 0.15) is 64.4 Å². The summed E-state index contributed by atoms with van der Waals surface area (Å²) in [5, 5.41) is 21.6. The zero-order chi connectivity index (χ0) is 23.5. The quantitative estimate of drug-likeness (QED) is 0.734. The van der Waals surface area contributed by atoms with Gasteiger partial charge in [0.1, 0.15) is 5.60 Å². The first-order valence-corrected chi connectivity index (χ1v) is 11.4. The number of hydrogen-bond donors (Lipinski definition) is 2. The molecule has 2 amide bonds. The molecule has 1 atom stereocenters. The van der Waals surface area contributed by atoms with Crippen molar-refractivity contribution in [2.24, 2.45) is 0 Å². The van der Waals surface area contributed by atoms with E-state index < -0.39 is 17.1 Å². The highest BCUT2D eigenvalue weighted by atomic mass is 16.6. The van der Waals surface area contributed by atoms with Crippen LogP contribution >= 0.6 is 0 Å². The van der Waals surface area contributed by atoms with Crippen molar-refractivity contribution < 1.29 is 29.3 Å². The van der Waals surface area contributed by atoms with Gasteiger partial charge in [-0.25, -0.2) is 4.79 Å². The largest absolute Gasteiger partial charge is 0.504 e. The molecule has 1 saturated heterocycles. The molecule has 8 nitrogen and oxygen atoms in total. The lowest BCUT2D eigenvalue weighted by Crippen LogP contribution is -2.55. The number of rotatable bonds is 4. The van der Waals surface area contributed by atoms with Crippen molar-refractivity contribution >= 4 is 12.0 Å². The van der Waals surface area contributed by atoms with Crippen LogP contribution in [0, 0.1) is 0 Å². The lowest BCUT2D eigenvalue weighted by molar-refractivity contribution is -0.143. The second-order valence-corrected chi connectivity index (χ2v) is 9.82. The number of ether oxygens (including phenoxy) is 2. The van der Waals surface area contributed by atoms with Gasteiger partial charge in [0.2, 0.25) is 5.91 Å². The van der Waals surface area contributed by atoms with Gasteiger partial charge < -0.3 is 29.5 Å². The summed E-state index contributed by atoms with van der Waals surface area (Å²) in [4.78, 5) is 29.4. The topological polar surface area (TPSA) is 99.5 Å². The molecule has 2 fully saturated rings. The second kappa shape index (κ2) is 9.57. The van der Waals surface area contributed by atoms with Crippen molar-refractivity contribution in [3.63, 3.8) is 0 Å². The first-order chi connectivity index (χ1) is 15.0. The number of aromatic hydroxyl groups is 1. The van der Waals surface area contributed by atoms with E-state index in [2.05, 4.69) is 0 Å². The number of piperazine rings is 1. The molecule has 0 aromatic heterocycles. The van der Waals surface area contributed by atoms with Crippen LogP contribution in [0.15, 0.2) is 18.2 Å². The third kappa shape index (κ3) is 5.46. The number of aliphatic hydroxyl groups is 1. The molecule has 1 unspecified atom stereocenters. The average Bonchev–Trinajstić information content (AvgIpc) is 2.74. The van der Waals surface area contributed by atoms with Crippen molar-refractivity contribution in [2.45, 2.75) is 70.0 Å². The van der Waals surface area contributed by atoms with Gasteiger partial charge in [0.25, 0.3) is 0 Å². The van der Waals surface area contributed by atoms with E-state index in [4.69, 9.17) is 9.47 Å². The summed E-state index contributed by atoms with van der Waals surface area (Å²) in [5.74, 6) is -0.658. The average molecular weight is 449 g/mol. The number of carbonyl (C=O) groups is 2. The molecule has 1 aliphatic heterocycles. The van der Waals surface area contributed by atoms with Crippen LogP contribution < -0.4 is 4.74 Å². The van der Waals surface area contributed by atoms with Crippen LogP contribution in [0.4, 0.5) is 4.79 Å². The van der Waals surface area contributed by atoms with E-state index in [-0.39, 0.29) is 23.5 Å². The fourth-order valence-electron chi connectivity index (χ4n) is 4.63. The fourth-order valence-corrected chi connectivity index (χ4v) is 4.63. The highest BCUT2D eigenvalue weighted by Crippen LogP contribution is 2.43. The number of carbonyl (C=O) groups excluding carboxylic acids is 2. The number of phenols is 1. The Bertz CT molecular complexity index is 820. The monoisotopic (exact) mass is 448 g/mol. The zero-order valence-corrected chi connectivity index (χ0v) is 19.6. The third-order valence-corrected chi connectivity index (χ3v) is 6.28. The number of benzene rings is 1. The molecule has 1 aromatic carbocycles. The van der Waals surface area contributed by atoms with Gasteiger partial charge in [-0.05, 0) is 51.3 Å². The van der Waals surface area contributed by atoms with E-state index in [1.165, 1.54) is 13.2 Å². The summed E-state index contributed by atoms with van der Waals surface area (Å²) < 4.78 is 10.7. The molecular weight excluding hydrogens is 412 g/mol. The maximum absolute atomic E-state index is 13.7. The third-order valence-electron chi connectivity index (χ3n) is 6.28. The summed E-state index contributed by atoms with van der Waals surface area (Å²) >= 11 is 0. The number of nitrogens with zero attached hydrogens (tertiary/aromatic N) is 2. The molecule has 2 aliphatic rings. The predicted octanol–water partition coefficient (Wildman–Crippen LogP) is 3.26. The molecule has 0 spiro atoms. The van der Waals surface area contributed by atoms with E-state index in [0.29, 0.717) is 44.6 Å². The number of phenolic OH excluding ortho intramolecular Hbond substituents is 1. The van der Waals surface area contributed by atoms with E-state index >= 15 is 0 Å². The maximum Gasteiger partial charge on any atom is 0.410 e. The Balaban J connectivity index is 1.80. The lowest BCUT2D eigenvalue weighted by atomic mass is 9.72. The minimum Gasteiger partial charge on any atom is -0.504 e. The van der Waals surface area contributed by atoms with Crippen LogP contribution in [0.2, 0.25) is 0 Å². The Labute approximate surface area is 190 Å². The molecule has 32 heavy (non-hydrogen) atoms. The highest BCUT2D eigenvalue weighted by Gasteiger charge is 2.45. The number of methoxy groups -OCH3 is 1. The Morgan fingerprint density at radius 1 is 1.03 bits per heavy atom. The standard InChI is InChI=1S/C24H36N2O6/c1-23(2,3)32-22(29)26-14-12-25(13-15-26)21(28)20(24(30)10-6-5-7-11-24)17-8-9-18(27)19(16-17)31-4/h8-9,16,20,27,30H,5-7,10-15H2,1-4H3. The first-order valence-electron chi connectivity index (χ1n) is 11.4. The molecule has 1 aliphatic carbocycles. The van der Waals surface area contributed by atoms with Crippen LogP contribution in [0.5, 0.6) is 11.5 Å². The molecule has 2 N–H and O–H groups in total. The van der Waals surface area contributed by atoms with Crippen molar-refractivity contribution in [2.75, 3.05) is 33.3 Å². The van der Waals surface area contributed by atoms with Crippen LogP contribution in [0.25, 0.3) is 0 Å². The molecule has 8 heteroatoms. The van der Waals surface area contributed by atoms with Crippen LogP contribution in [-0.4, -0.2) is 76.5 Å². The normalized spacial score (nSPS) is 19.9.